The fourth-order valence-electron chi connectivity index (χ4n) is 1.70. The quantitative estimate of drug-likeness (QED) is 0.670. The third kappa shape index (κ3) is 2.30. The highest BCUT2D eigenvalue weighted by Crippen LogP contribution is 2.37. The molecule has 0 saturated heterocycles. The maximum absolute atomic E-state index is 10.7. The van der Waals surface area contributed by atoms with Crippen molar-refractivity contribution in [1.29, 1.82) is 0 Å². The maximum atomic E-state index is 10.7. The van der Waals surface area contributed by atoms with Crippen LogP contribution in [0.3, 0.4) is 0 Å². The van der Waals surface area contributed by atoms with Gasteiger partial charge in [-0.2, -0.15) is 0 Å². The summed E-state index contributed by atoms with van der Waals surface area (Å²) in [5.41, 5.74) is 0. The lowest BCUT2D eigenvalue weighted by Gasteiger charge is -1.90. The summed E-state index contributed by atoms with van der Waals surface area (Å²) in [7, 11) is 0. The van der Waals surface area contributed by atoms with Crippen LogP contribution in [0.4, 0.5) is 0 Å². The second kappa shape index (κ2) is 4.95. The zero-order valence-electron chi connectivity index (χ0n) is 9.66. The Morgan fingerprint density at radius 1 is 0.789 bits per heavy atom. The van der Waals surface area contributed by atoms with Crippen molar-refractivity contribution in [1.82, 2.24) is 0 Å². The lowest BCUT2D eigenvalue weighted by Crippen LogP contribution is -1.67. The lowest BCUT2D eigenvalue weighted by atomic mass is 10.3. The van der Waals surface area contributed by atoms with Crippen molar-refractivity contribution in [2.24, 2.45) is 0 Å². The van der Waals surface area contributed by atoms with Gasteiger partial charge in [0.05, 0.1) is 9.75 Å². The number of thiophene rings is 2. The Hall–Kier alpha value is -1.98. The molecule has 0 unspecified atom stereocenters. The molecule has 0 fully saturated rings. The van der Waals surface area contributed by atoms with E-state index in [2.05, 4.69) is 0 Å². The molecule has 0 N–H and O–H groups in total. The minimum absolute atomic E-state index is 0.323. The summed E-state index contributed by atoms with van der Waals surface area (Å²) in [6, 6.07) is 11.1. The fraction of sp³-hybridized carbons (Fsp3) is 0. The smallest absolute Gasteiger partial charge is 0.185 e. The van der Waals surface area contributed by atoms with E-state index in [9.17, 15) is 9.59 Å². The van der Waals surface area contributed by atoms with Crippen molar-refractivity contribution in [2.45, 2.75) is 0 Å². The molecule has 3 rings (SSSR count). The number of aldehydes is 2. The summed E-state index contributed by atoms with van der Waals surface area (Å²) >= 11 is 3.03. The molecule has 3 aromatic heterocycles. The fourth-order valence-corrected chi connectivity index (χ4v) is 3.58. The Morgan fingerprint density at radius 3 is 2.21 bits per heavy atom. The molecular formula is C14H8O3S2. The standard InChI is InChI=1S/C14H8O3S2/c15-7-9-1-3-11(17-9)12-5-6-14(19-12)13-4-2-10(8-16)18-13/h1-8H. The molecule has 0 aliphatic heterocycles. The molecular weight excluding hydrogens is 280 g/mol. The van der Waals surface area contributed by atoms with Crippen LogP contribution in [0.2, 0.25) is 0 Å². The van der Waals surface area contributed by atoms with Crippen LogP contribution < -0.4 is 0 Å². The van der Waals surface area contributed by atoms with Crippen molar-refractivity contribution in [3.05, 3.63) is 47.0 Å². The van der Waals surface area contributed by atoms with Gasteiger partial charge in [0.25, 0.3) is 0 Å². The van der Waals surface area contributed by atoms with Gasteiger partial charge in [0.1, 0.15) is 5.76 Å². The van der Waals surface area contributed by atoms with Crippen LogP contribution in [0.5, 0.6) is 0 Å². The second-order valence-electron chi connectivity index (χ2n) is 3.80. The van der Waals surface area contributed by atoms with Crippen LogP contribution >= 0.6 is 22.7 Å². The van der Waals surface area contributed by atoms with Crippen LogP contribution in [0.1, 0.15) is 20.2 Å². The van der Waals surface area contributed by atoms with Crippen molar-refractivity contribution >= 4 is 35.2 Å². The Balaban J connectivity index is 1.94. The van der Waals surface area contributed by atoms with Gasteiger partial charge in [0.2, 0.25) is 0 Å². The van der Waals surface area contributed by atoms with Crippen molar-refractivity contribution in [3.63, 3.8) is 0 Å². The summed E-state index contributed by atoms with van der Waals surface area (Å²) in [5, 5.41) is 0. The molecule has 94 valence electrons. The molecule has 0 saturated carbocycles. The molecule has 19 heavy (non-hydrogen) atoms. The monoisotopic (exact) mass is 288 g/mol. The Bertz CT molecular complexity index is 673. The summed E-state index contributed by atoms with van der Waals surface area (Å²) in [5.74, 6) is 1.01. The highest BCUT2D eigenvalue weighted by atomic mass is 32.1. The molecule has 3 aromatic rings. The van der Waals surface area contributed by atoms with E-state index in [1.807, 2.05) is 24.3 Å². The zero-order chi connectivity index (χ0) is 13.2. The summed E-state index contributed by atoms with van der Waals surface area (Å²) in [6.45, 7) is 0. The van der Waals surface area contributed by atoms with Gasteiger partial charge in [-0.1, -0.05) is 0 Å². The first-order valence-electron chi connectivity index (χ1n) is 5.51. The largest absolute Gasteiger partial charge is 0.452 e. The van der Waals surface area contributed by atoms with Crippen molar-refractivity contribution < 1.29 is 14.0 Å². The van der Waals surface area contributed by atoms with E-state index < -0.39 is 0 Å². The number of carbonyl (C=O) groups excluding carboxylic acids is 2. The minimum atomic E-state index is 0.323. The van der Waals surface area contributed by atoms with E-state index in [0.717, 1.165) is 20.9 Å². The predicted octanol–water partition coefficient (Wildman–Crippen LogP) is 4.36. The van der Waals surface area contributed by atoms with Crippen molar-refractivity contribution in [3.8, 4) is 20.4 Å². The number of hydrogen-bond acceptors (Lipinski definition) is 5. The van der Waals surface area contributed by atoms with Gasteiger partial charge in [-0.25, -0.2) is 0 Å². The first-order chi connectivity index (χ1) is 9.30. The lowest BCUT2D eigenvalue weighted by molar-refractivity contribution is 0.109. The molecule has 3 nitrogen and oxygen atoms in total. The Kier molecular flexibility index (Phi) is 3.15. The summed E-state index contributed by atoms with van der Waals surface area (Å²) in [6.07, 6.45) is 1.54. The van der Waals surface area contributed by atoms with E-state index >= 15 is 0 Å². The highest BCUT2D eigenvalue weighted by Gasteiger charge is 2.10. The molecule has 0 aliphatic rings. The molecule has 0 aliphatic carbocycles. The van der Waals surface area contributed by atoms with Gasteiger partial charge in [-0.05, 0) is 36.4 Å². The highest BCUT2D eigenvalue weighted by molar-refractivity contribution is 7.24. The number of carbonyl (C=O) groups is 2. The van der Waals surface area contributed by atoms with Gasteiger partial charge < -0.3 is 4.42 Å². The molecule has 0 atom stereocenters. The molecule has 0 aromatic carbocycles. The molecule has 3 heterocycles. The van der Waals surface area contributed by atoms with Crippen LogP contribution in [0.15, 0.2) is 40.8 Å². The van der Waals surface area contributed by atoms with Crippen molar-refractivity contribution in [2.75, 3.05) is 0 Å². The zero-order valence-corrected chi connectivity index (χ0v) is 11.3. The van der Waals surface area contributed by atoms with Gasteiger partial charge in [0, 0.05) is 9.75 Å². The molecule has 0 spiro atoms. The minimum Gasteiger partial charge on any atom is -0.452 e. The molecule has 0 bridgehead atoms. The third-order valence-corrected chi connectivity index (χ3v) is 4.88. The average molecular weight is 288 g/mol. The van der Waals surface area contributed by atoms with E-state index in [0.29, 0.717) is 22.7 Å². The van der Waals surface area contributed by atoms with Crippen LogP contribution in [-0.4, -0.2) is 12.6 Å². The van der Waals surface area contributed by atoms with Gasteiger partial charge >= 0.3 is 0 Å². The van der Waals surface area contributed by atoms with E-state index in [1.165, 1.54) is 11.3 Å². The van der Waals surface area contributed by atoms with Gasteiger partial charge in [0.15, 0.2) is 18.3 Å². The first-order valence-corrected chi connectivity index (χ1v) is 7.14. The van der Waals surface area contributed by atoms with E-state index in [-0.39, 0.29) is 0 Å². The first kappa shape index (κ1) is 12.1. The number of hydrogen-bond donors (Lipinski definition) is 0. The van der Waals surface area contributed by atoms with Crippen LogP contribution in [0, 0.1) is 0 Å². The SMILES string of the molecule is O=Cc1ccc(-c2ccc(-c3ccc(C=O)s3)s2)o1. The summed E-state index contributed by atoms with van der Waals surface area (Å²) in [4.78, 5) is 25.1. The van der Waals surface area contributed by atoms with E-state index in [1.54, 1.807) is 23.5 Å². The Labute approximate surface area is 117 Å². The van der Waals surface area contributed by atoms with Gasteiger partial charge in [-0.3, -0.25) is 9.59 Å². The number of furan rings is 1. The normalized spacial score (nSPS) is 10.5. The van der Waals surface area contributed by atoms with E-state index in [4.69, 9.17) is 4.42 Å². The molecule has 0 amide bonds. The predicted molar refractivity (Wildman–Crippen MR) is 76.1 cm³/mol. The average Bonchev–Trinajstić information content (AvgIpc) is 3.16. The van der Waals surface area contributed by atoms with Gasteiger partial charge in [-0.15, -0.1) is 22.7 Å². The topological polar surface area (TPSA) is 47.3 Å². The molecule has 5 heteroatoms. The maximum Gasteiger partial charge on any atom is 0.185 e. The van der Waals surface area contributed by atoms with Crippen LogP contribution in [-0.2, 0) is 0 Å². The molecule has 0 radical (unpaired) electrons. The second-order valence-corrected chi connectivity index (χ2v) is 6.00. The third-order valence-electron chi connectivity index (χ3n) is 2.58. The Morgan fingerprint density at radius 2 is 1.53 bits per heavy atom. The number of rotatable bonds is 4. The summed E-state index contributed by atoms with van der Waals surface area (Å²) < 4.78 is 5.38. The van der Waals surface area contributed by atoms with Crippen LogP contribution in [0.25, 0.3) is 20.4 Å².